The highest BCUT2D eigenvalue weighted by atomic mass is 16.6. The molecule has 0 aliphatic rings. The third-order valence-electron chi connectivity index (χ3n) is 2.94. The van der Waals surface area contributed by atoms with Gasteiger partial charge in [-0.25, -0.2) is 0 Å². The number of benzene rings is 1. The van der Waals surface area contributed by atoms with Crippen LogP contribution in [0.15, 0.2) is 41.7 Å². The first-order valence-corrected chi connectivity index (χ1v) is 7.21. The maximum Gasteiger partial charge on any atom is 0.140 e. The number of aromatic hydroxyl groups is 1. The fourth-order valence-electron chi connectivity index (χ4n) is 1.88. The Hall–Kier alpha value is -3.38. The quantitative estimate of drug-likeness (QED) is 0.691. The standard InChI is InChI=1S/C18H16N4O2/c1-18(2,3)24-22-17(16-13(11-20)5-4-8-21-16)14-9-12(10-19)6-7-15(14)23/h4-9,23H,1-3H3/b22-17-. The molecule has 6 heteroatoms. The van der Waals surface area contributed by atoms with Crippen LogP contribution in [0.1, 0.15) is 43.2 Å². The highest BCUT2D eigenvalue weighted by molar-refractivity contribution is 6.14. The predicted octanol–water partition coefficient (Wildman–Crippen LogP) is 3.10. The number of nitrogens with zero attached hydrogens (tertiary/aromatic N) is 4. The summed E-state index contributed by atoms with van der Waals surface area (Å²) in [5.74, 6) is -0.0835. The summed E-state index contributed by atoms with van der Waals surface area (Å²) in [6.07, 6.45) is 1.52. The molecule has 0 radical (unpaired) electrons. The van der Waals surface area contributed by atoms with Crippen molar-refractivity contribution in [1.29, 1.82) is 10.5 Å². The first-order valence-electron chi connectivity index (χ1n) is 7.21. The summed E-state index contributed by atoms with van der Waals surface area (Å²) >= 11 is 0. The number of phenols is 1. The highest BCUT2D eigenvalue weighted by Gasteiger charge is 2.20. The Morgan fingerprint density at radius 1 is 1.21 bits per heavy atom. The first-order chi connectivity index (χ1) is 11.4. The van der Waals surface area contributed by atoms with E-state index in [0.29, 0.717) is 5.56 Å². The smallest absolute Gasteiger partial charge is 0.140 e. The molecule has 1 aromatic heterocycles. The van der Waals surface area contributed by atoms with E-state index in [4.69, 9.17) is 10.1 Å². The fourth-order valence-corrected chi connectivity index (χ4v) is 1.88. The lowest BCUT2D eigenvalue weighted by molar-refractivity contribution is 0.00111. The minimum absolute atomic E-state index is 0.0835. The molecule has 0 fully saturated rings. The summed E-state index contributed by atoms with van der Waals surface area (Å²) in [5.41, 5.74) is 0.797. The molecule has 0 spiro atoms. The second kappa shape index (κ2) is 6.80. The second-order valence-electron chi connectivity index (χ2n) is 6.00. The lowest BCUT2D eigenvalue weighted by Crippen LogP contribution is -2.18. The van der Waals surface area contributed by atoms with Crippen LogP contribution in [0.5, 0.6) is 5.75 Å². The average molecular weight is 320 g/mol. The largest absolute Gasteiger partial charge is 0.507 e. The number of hydrogen-bond acceptors (Lipinski definition) is 6. The van der Waals surface area contributed by atoms with Crippen LogP contribution in [0.4, 0.5) is 0 Å². The van der Waals surface area contributed by atoms with Crippen molar-refractivity contribution in [1.82, 2.24) is 4.98 Å². The van der Waals surface area contributed by atoms with E-state index in [-0.39, 0.29) is 28.3 Å². The molecule has 0 aliphatic heterocycles. The normalized spacial score (nSPS) is 11.5. The maximum atomic E-state index is 10.2. The van der Waals surface area contributed by atoms with E-state index in [1.165, 1.54) is 24.4 Å². The molecule has 2 aromatic rings. The monoisotopic (exact) mass is 320 g/mol. The van der Waals surface area contributed by atoms with Crippen LogP contribution in [-0.4, -0.2) is 21.4 Å². The van der Waals surface area contributed by atoms with Crippen LogP contribution in [-0.2, 0) is 4.84 Å². The van der Waals surface area contributed by atoms with Gasteiger partial charge in [0.05, 0.1) is 17.2 Å². The molecule has 2 rings (SSSR count). The molecule has 1 N–H and O–H groups in total. The van der Waals surface area contributed by atoms with Gasteiger partial charge in [0, 0.05) is 11.8 Å². The number of hydrogen-bond donors (Lipinski definition) is 1. The summed E-state index contributed by atoms with van der Waals surface area (Å²) in [6, 6.07) is 11.7. The number of pyridine rings is 1. The molecule has 24 heavy (non-hydrogen) atoms. The van der Waals surface area contributed by atoms with E-state index in [9.17, 15) is 10.4 Å². The van der Waals surface area contributed by atoms with Crippen molar-refractivity contribution < 1.29 is 9.94 Å². The number of oxime groups is 1. The molecule has 0 amide bonds. The Morgan fingerprint density at radius 3 is 2.58 bits per heavy atom. The Kier molecular flexibility index (Phi) is 4.81. The summed E-state index contributed by atoms with van der Waals surface area (Å²) in [5, 5.41) is 32.7. The number of rotatable bonds is 3. The molecule has 0 bridgehead atoms. The van der Waals surface area contributed by atoms with Gasteiger partial charge in [-0.15, -0.1) is 0 Å². The highest BCUT2D eigenvalue weighted by Crippen LogP contribution is 2.24. The summed E-state index contributed by atoms with van der Waals surface area (Å²) in [4.78, 5) is 9.67. The van der Waals surface area contributed by atoms with Crippen LogP contribution >= 0.6 is 0 Å². The van der Waals surface area contributed by atoms with E-state index in [2.05, 4.69) is 10.1 Å². The topological polar surface area (TPSA) is 102 Å². The molecule has 0 atom stereocenters. The van der Waals surface area contributed by atoms with Gasteiger partial charge in [-0.2, -0.15) is 10.5 Å². The fraction of sp³-hybridized carbons (Fsp3) is 0.222. The Balaban J connectivity index is 2.70. The van der Waals surface area contributed by atoms with E-state index >= 15 is 0 Å². The van der Waals surface area contributed by atoms with Crippen molar-refractivity contribution in [3.8, 4) is 17.9 Å². The van der Waals surface area contributed by atoms with Crippen molar-refractivity contribution in [2.75, 3.05) is 0 Å². The summed E-state index contributed by atoms with van der Waals surface area (Å²) in [7, 11) is 0. The van der Waals surface area contributed by atoms with Crippen LogP contribution in [0.3, 0.4) is 0 Å². The minimum atomic E-state index is -0.574. The molecule has 120 valence electrons. The Morgan fingerprint density at radius 2 is 1.96 bits per heavy atom. The van der Waals surface area contributed by atoms with E-state index in [1.54, 1.807) is 12.1 Å². The zero-order chi connectivity index (χ0) is 17.7. The lowest BCUT2D eigenvalue weighted by atomic mass is 10.0. The SMILES string of the molecule is CC(C)(C)O/N=C(/c1cc(C#N)ccc1O)c1ncccc1C#N. The van der Waals surface area contributed by atoms with Gasteiger partial charge < -0.3 is 9.94 Å². The third kappa shape index (κ3) is 3.88. The van der Waals surface area contributed by atoms with E-state index in [1.807, 2.05) is 32.9 Å². The van der Waals surface area contributed by atoms with Gasteiger partial charge in [-0.05, 0) is 51.1 Å². The van der Waals surface area contributed by atoms with Crippen molar-refractivity contribution >= 4 is 5.71 Å². The van der Waals surface area contributed by atoms with Crippen LogP contribution in [0.25, 0.3) is 0 Å². The first kappa shape index (κ1) is 17.0. The van der Waals surface area contributed by atoms with Crippen molar-refractivity contribution in [2.45, 2.75) is 26.4 Å². The second-order valence-corrected chi connectivity index (χ2v) is 6.00. The van der Waals surface area contributed by atoms with Gasteiger partial charge in [-0.3, -0.25) is 4.98 Å². The number of aromatic nitrogens is 1. The molecule has 0 unspecified atom stereocenters. The maximum absolute atomic E-state index is 10.2. The van der Waals surface area contributed by atoms with Gasteiger partial charge in [-0.1, -0.05) is 5.16 Å². The van der Waals surface area contributed by atoms with Crippen LogP contribution in [0, 0.1) is 22.7 Å². The van der Waals surface area contributed by atoms with Gasteiger partial charge in [0.2, 0.25) is 0 Å². The van der Waals surface area contributed by atoms with Crippen LogP contribution in [0.2, 0.25) is 0 Å². The lowest BCUT2D eigenvalue weighted by Gasteiger charge is -2.17. The summed E-state index contributed by atoms with van der Waals surface area (Å²) < 4.78 is 0. The number of phenolic OH excluding ortho intramolecular Hbond substituents is 1. The molecule has 0 saturated carbocycles. The zero-order valence-corrected chi connectivity index (χ0v) is 13.6. The van der Waals surface area contributed by atoms with Crippen molar-refractivity contribution in [3.05, 3.63) is 58.9 Å². The zero-order valence-electron chi connectivity index (χ0n) is 13.6. The molecular formula is C18H16N4O2. The minimum Gasteiger partial charge on any atom is -0.507 e. The number of nitriles is 2. The summed E-state index contributed by atoms with van der Waals surface area (Å²) in [6.45, 7) is 5.47. The van der Waals surface area contributed by atoms with E-state index in [0.717, 1.165) is 0 Å². The van der Waals surface area contributed by atoms with Gasteiger partial charge in [0.15, 0.2) is 0 Å². The van der Waals surface area contributed by atoms with Crippen molar-refractivity contribution in [3.63, 3.8) is 0 Å². The predicted molar refractivity (Wildman–Crippen MR) is 88.3 cm³/mol. The van der Waals surface area contributed by atoms with Crippen LogP contribution < -0.4 is 0 Å². The molecule has 0 aliphatic carbocycles. The third-order valence-corrected chi connectivity index (χ3v) is 2.94. The average Bonchev–Trinajstić information content (AvgIpc) is 2.56. The van der Waals surface area contributed by atoms with E-state index < -0.39 is 5.60 Å². The van der Waals surface area contributed by atoms with Crippen molar-refractivity contribution in [2.24, 2.45) is 5.16 Å². The molecular weight excluding hydrogens is 304 g/mol. The Bertz CT molecular complexity index is 868. The van der Waals surface area contributed by atoms with Gasteiger partial charge in [0.25, 0.3) is 0 Å². The van der Waals surface area contributed by atoms with Gasteiger partial charge in [0.1, 0.15) is 28.8 Å². The van der Waals surface area contributed by atoms with Gasteiger partial charge >= 0.3 is 0 Å². The Labute approximate surface area is 140 Å². The molecule has 6 nitrogen and oxygen atoms in total. The molecule has 1 heterocycles. The molecule has 1 aromatic carbocycles. The molecule has 0 saturated heterocycles.